The van der Waals surface area contributed by atoms with Gasteiger partial charge in [0, 0.05) is 39.0 Å². The van der Waals surface area contributed by atoms with Crippen LogP contribution in [0.5, 0.6) is 0 Å². The quantitative estimate of drug-likeness (QED) is 0.374. The van der Waals surface area contributed by atoms with Gasteiger partial charge in [0.25, 0.3) is 11.8 Å². The van der Waals surface area contributed by atoms with E-state index in [0.29, 0.717) is 35.4 Å². The molecule has 3 heterocycles. The first kappa shape index (κ1) is 27.2. The first-order valence-corrected chi connectivity index (χ1v) is 12.3. The fraction of sp³-hybridized carbons (Fsp3) is 0.524. The second kappa shape index (κ2) is 11.6. The van der Waals surface area contributed by atoms with E-state index in [4.69, 9.17) is 32.7 Å². The van der Waals surface area contributed by atoms with E-state index < -0.39 is 23.9 Å². The number of H-pyrrole nitrogens is 1. The van der Waals surface area contributed by atoms with Gasteiger partial charge in [-0.25, -0.2) is 9.78 Å². The Morgan fingerprint density at radius 3 is 2.57 bits per heavy atom. The minimum atomic E-state index is -1.24. The number of methoxy groups -OCH3 is 2. The number of ether oxygens (including phenoxy) is 2. The van der Waals surface area contributed by atoms with Crippen molar-refractivity contribution in [3.8, 4) is 0 Å². The number of carbonyl (C=O) groups is 3. The molecular formula is C21H27Cl2N5O6S. The van der Waals surface area contributed by atoms with Crippen molar-refractivity contribution < 1.29 is 29.0 Å². The van der Waals surface area contributed by atoms with Gasteiger partial charge in [0.2, 0.25) is 0 Å². The molecule has 1 saturated heterocycles. The van der Waals surface area contributed by atoms with Crippen LogP contribution in [0.25, 0.3) is 0 Å². The molecule has 2 aromatic heterocycles. The van der Waals surface area contributed by atoms with Crippen molar-refractivity contribution in [2.45, 2.75) is 38.5 Å². The zero-order valence-electron chi connectivity index (χ0n) is 19.6. The van der Waals surface area contributed by atoms with E-state index in [-0.39, 0.29) is 40.0 Å². The zero-order valence-corrected chi connectivity index (χ0v) is 21.9. The van der Waals surface area contributed by atoms with Crippen LogP contribution in [0.1, 0.15) is 49.7 Å². The molecule has 2 aromatic rings. The van der Waals surface area contributed by atoms with Crippen molar-refractivity contribution in [1.82, 2.24) is 20.6 Å². The van der Waals surface area contributed by atoms with Gasteiger partial charge in [0.15, 0.2) is 10.8 Å². The Hall–Kier alpha value is -2.38. The van der Waals surface area contributed by atoms with Gasteiger partial charge in [0.1, 0.15) is 10.6 Å². The van der Waals surface area contributed by atoms with Crippen LogP contribution >= 0.6 is 34.5 Å². The number of piperidine rings is 1. The Kier molecular flexibility index (Phi) is 9.00. The maximum absolute atomic E-state index is 12.8. The summed E-state index contributed by atoms with van der Waals surface area (Å²) >= 11 is 13.2. The summed E-state index contributed by atoms with van der Waals surface area (Å²) in [7, 11) is 3.03. The molecule has 2 amide bonds. The average molecular weight is 548 g/mol. The number of hydrogen-bond donors (Lipinski definition) is 4. The van der Waals surface area contributed by atoms with Gasteiger partial charge < -0.3 is 35.1 Å². The fourth-order valence-corrected chi connectivity index (χ4v) is 5.14. The molecule has 0 radical (unpaired) electrons. The Morgan fingerprint density at radius 2 is 2.00 bits per heavy atom. The Balaban J connectivity index is 1.73. The Labute approximate surface area is 216 Å². The highest BCUT2D eigenvalue weighted by Crippen LogP contribution is 2.31. The minimum Gasteiger partial charge on any atom is -0.477 e. The molecule has 0 unspecified atom stereocenters. The van der Waals surface area contributed by atoms with Gasteiger partial charge in [-0.3, -0.25) is 9.59 Å². The number of carbonyl (C=O) groups excluding carboxylic acids is 2. The van der Waals surface area contributed by atoms with Crippen LogP contribution in [0.15, 0.2) is 0 Å². The predicted molar refractivity (Wildman–Crippen MR) is 132 cm³/mol. The molecule has 192 valence electrons. The van der Waals surface area contributed by atoms with Crippen LogP contribution in [-0.4, -0.2) is 85.0 Å². The first-order chi connectivity index (χ1) is 16.6. The lowest BCUT2D eigenvalue weighted by atomic mass is 10.0. The number of aromatic amines is 1. The maximum atomic E-state index is 12.8. The molecule has 1 fully saturated rings. The van der Waals surface area contributed by atoms with Gasteiger partial charge in [-0.05, 0) is 20.3 Å². The highest BCUT2D eigenvalue weighted by molar-refractivity contribution is 7.17. The topological polar surface area (TPSA) is 146 Å². The Bertz CT molecular complexity index is 1110. The van der Waals surface area contributed by atoms with Gasteiger partial charge in [0.05, 0.1) is 28.8 Å². The SMILES string of the molecule is COC[C@H](C)NC(=O)c1nc(N2CC[C@@H](NC(=O)c3[nH]c(C)c(Cl)c3Cl)[C@@H](OC)C2)sc1C(=O)O. The summed E-state index contributed by atoms with van der Waals surface area (Å²) in [4.78, 5) is 46.1. The van der Waals surface area contributed by atoms with E-state index in [9.17, 15) is 19.5 Å². The van der Waals surface area contributed by atoms with E-state index in [2.05, 4.69) is 20.6 Å². The number of aryl methyl sites for hydroxylation is 1. The normalized spacial score (nSPS) is 18.9. The number of nitrogens with one attached hydrogen (secondary N) is 3. The highest BCUT2D eigenvalue weighted by atomic mass is 35.5. The lowest BCUT2D eigenvalue weighted by Gasteiger charge is -2.37. The molecule has 1 aliphatic heterocycles. The van der Waals surface area contributed by atoms with Crippen LogP contribution in [0, 0.1) is 6.92 Å². The number of amides is 2. The molecule has 3 atom stereocenters. The number of aromatic carboxylic acids is 1. The van der Waals surface area contributed by atoms with E-state index in [1.54, 1.807) is 13.8 Å². The molecule has 11 nitrogen and oxygen atoms in total. The minimum absolute atomic E-state index is 0.153. The Morgan fingerprint density at radius 1 is 1.29 bits per heavy atom. The zero-order chi connectivity index (χ0) is 25.9. The lowest BCUT2D eigenvalue weighted by Crippen LogP contribution is -2.55. The fourth-order valence-electron chi connectivity index (χ4n) is 3.79. The molecule has 4 N–H and O–H groups in total. The number of aromatic nitrogens is 2. The third kappa shape index (κ3) is 6.07. The van der Waals surface area contributed by atoms with E-state index in [1.165, 1.54) is 14.2 Å². The molecule has 0 saturated carbocycles. The molecule has 1 aliphatic rings. The smallest absolute Gasteiger partial charge is 0.348 e. The molecule has 0 aliphatic carbocycles. The van der Waals surface area contributed by atoms with E-state index in [1.807, 2.05) is 4.90 Å². The summed E-state index contributed by atoms with van der Waals surface area (Å²) in [5.74, 6) is -2.23. The van der Waals surface area contributed by atoms with Gasteiger partial charge in [-0.2, -0.15) is 0 Å². The molecule has 3 rings (SSSR count). The summed E-state index contributed by atoms with van der Waals surface area (Å²) in [5, 5.41) is 16.1. The third-order valence-electron chi connectivity index (χ3n) is 5.55. The highest BCUT2D eigenvalue weighted by Gasteiger charge is 2.34. The summed E-state index contributed by atoms with van der Waals surface area (Å²) in [5.41, 5.74) is 0.615. The van der Waals surface area contributed by atoms with E-state index in [0.717, 1.165) is 11.3 Å². The second-order valence-corrected chi connectivity index (χ2v) is 9.88. The molecule has 14 heteroatoms. The molecule has 0 aromatic carbocycles. The van der Waals surface area contributed by atoms with Crippen molar-refractivity contribution in [2.24, 2.45) is 0 Å². The number of rotatable bonds is 9. The van der Waals surface area contributed by atoms with Gasteiger partial charge in [-0.15, -0.1) is 0 Å². The monoisotopic (exact) mass is 547 g/mol. The number of anilines is 1. The van der Waals surface area contributed by atoms with Crippen molar-refractivity contribution >= 4 is 57.5 Å². The largest absolute Gasteiger partial charge is 0.477 e. The summed E-state index contributed by atoms with van der Waals surface area (Å²) in [6.07, 6.45) is 0.0677. The number of nitrogens with zero attached hydrogens (tertiary/aromatic N) is 2. The van der Waals surface area contributed by atoms with Crippen LogP contribution in [0.4, 0.5) is 5.13 Å². The van der Waals surface area contributed by atoms with E-state index >= 15 is 0 Å². The van der Waals surface area contributed by atoms with Gasteiger partial charge >= 0.3 is 5.97 Å². The van der Waals surface area contributed by atoms with Crippen LogP contribution < -0.4 is 15.5 Å². The van der Waals surface area contributed by atoms with Crippen LogP contribution in [-0.2, 0) is 9.47 Å². The van der Waals surface area contributed by atoms with Crippen molar-refractivity contribution in [3.05, 3.63) is 32.0 Å². The average Bonchev–Trinajstić information content (AvgIpc) is 3.37. The molecular weight excluding hydrogens is 521 g/mol. The molecule has 0 bridgehead atoms. The summed E-state index contributed by atoms with van der Waals surface area (Å²) in [6.45, 7) is 4.52. The van der Waals surface area contributed by atoms with Crippen LogP contribution in [0.3, 0.4) is 0 Å². The standard InChI is InChI=1S/C21H27Cl2N5O6S/c1-9(8-33-3)24-19(30)16-17(20(31)32)35-21(27-16)28-6-5-11(12(7-28)34-4)26-18(29)15-14(23)13(22)10(2)25-15/h9,11-12,25H,5-8H2,1-4H3,(H,24,30)(H,26,29)(H,31,32)/t9-,11+,12-/m0/s1. The number of hydrogen-bond acceptors (Lipinski definition) is 8. The van der Waals surface area contributed by atoms with Crippen molar-refractivity contribution in [3.63, 3.8) is 0 Å². The summed E-state index contributed by atoms with van der Waals surface area (Å²) < 4.78 is 10.6. The maximum Gasteiger partial charge on any atom is 0.348 e. The third-order valence-corrected chi connectivity index (χ3v) is 7.60. The van der Waals surface area contributed by atoms with Crippen molar-refractivity contribution in [1.29, 1.82) is 0 Å². The van der Waals surface area contributed by atoms with Crippen LogP contribution in [0.2, 0.25) is 10.0 Å². The number of halogens is 2. The number of carboxylic acids is 1. The second-order valence-electron chi connectivity index (χ2n) is 8.15. The van der Waals surface area contributed by atoms with Gasteiger partial charge in [-0.1, -0.05) is 34.5 Å². The number of carboxylic acid groups (broad SMARTS) is 1. The first-order valence-electron chi connectivity index (χ1n) is 10.7. The van der Waals surface area contributed by atoms with Crippen molar-refractivity contribution in [2.75, 3.05) is 38.8 Å². The lowest BCUT2D eigenvalue weighted by molar-refractivity contribution is 0.0540. The summed E-state index contributed by atoms with van der Waals surface area (Å²) in [6, 6.07) is -0.651. The molecule has 35 heavy (non-hydrogen) atoms. The number of thiazole rings is 1. The predicted octanol–water partition coefficient (Wildman–Crippen LogP) is 2.57. The molecule has 0 spiro atoms.